The second-order valence-corrected chi connectivity index (χ2v) is 5.54. The first-order valence-corrected chi connectivity index (χ1v) is 6.50. The molecule has 0 radical (unpaired) electrons. The third-order valence-corrected chi connectivity index (χ3v) is 3.59. The lowest BCUT2D eigenvalue weighted by molar-refractivity contribution is 0.424. The molecule has 1 aliphatic rings. The zero-order valence-electron chi connectivity index (χ0n) is 10.6. The minimum absolute atomic E-state index is 0.0401. The summed E-state index contributed by atoms with van der Waals surface area (Å²) in [4.78, 5) is 0. The summed E-state index contributed by atoms with van der Waals surface area (Å²) in [7, 11) is 0. The second kappa shape index (κ2) is 4.58. The van der Waals surface area contributed by atoms with Gasteiger partial charge in [-0.3, -0.25) is 0 Å². The van der Waals surface area contributed by atoms with Gasteiger partial charge in [0.05, 0.1) is 0 Å². The van der Waals surface area contributed by atoms with Crippen LogP contribution in [0.15, 0.2) is 18.2 Å². The molecule has 1 unspecified atom stereocenters. The van der Waals surface area contributed by atoms with E-state index in [0.717, 1.165) is 19.3 Å². The fourth-order valence-electron chi connectivity index (χ4n) is 2.86. The molecular formula is C15H23N. The predicted molar refractivity (Wildman–Crippen MR) is 69.7 cm³/mol. The summed E-state index contributed by atoms with van der Waals surface area (Å²) in [6.07, 6.45) is 7.13. The highest BCUT2D eigenvalue weighted by atomic mass is 14.7. The Morgan fingerprint density at radius 3 is 2.75 bits per heavy atom. The predicted octanol–water partition coefficient (Wildman–Crippen LogP) is 3.24. The number of rotatable bonds is 4. The summed E-state index contributed by atoms with van der Waals surface area (Å²) in [5.41, 5.74) is 10.8. The van der Waals surface area contributed by atoms with Gasteiger partial charge in [0.2, 0.25) is 0 Å². The summed E-state index contributed by atoms with van der Waals surface area (Å²) in [6.45, 7) is 4.37. The summed E-state index contributed by atoms with van der Waals surface area (Å²) < 4.78 is 0. The summed E-state index contributed by atoms with van der Waals surface area (Å²) in [6, 6.07) is 6.95. The molecular weight excluding hydrogens is 194 g/mol. The molecule has 2 N–H and O–H groups in total. The molecule has 16 heavy (non-hydrogen) atoms. The van der Waals surface area contributed by atoms with E-state index in [4.69, 9.17) is 5.73 Å². The van der Waals surface area contributed by atoms with Gasteiger partial charge < -0.3 is 5.73 Å². The van der Waals surface area contributed by atoms with E-state index in [1.54, 1.807) is 11.1 Å². The molecule has 1 heteroatoms. The third kappa shape index (κ3) is 2.65. The maximum atomic E-state index is 6.30. The Bertz CT molecular complexity index is 366. The van der Waals surface area contributed by atoms with E-state index in [1.807, 2.05) is 0 Å². The van der Waals surface area contributed by atoms with Crippen molar-refractivity contribution >= 4 is 0 Å². The first kappa shape index (κ1) is 11.7. The van der Waals surface area contributed by atoms with Crippen molar-refractivity contribution in [1.82, 2.24) is 0 Å². The normalized spacial score (nSPS) is 18.2. The van der Waals surface area contributed by atoms with Gasteiger partial charge in [0, 0.05) is 5.54 Å². The highest BCUT2D eigenvalue weighted by Gasteiger charge is 2.19. The maximum Gasteiger partial charge on any atom is 0.0166 e. The average molecular weight is 217 g/mol. The van der Waals surface area contributed by atoms with Crippen LogP contribution in [-0.2, 0) is 19.3 Å². The Balaban J connectivity index is 2.10. The van der Waals surface area contributed by atoms with Crippen molar-refractivity contribution in [2.75, 3.05) is 0 Å². The van der Waals surface area contributed by atoms with Gasteiger partial charge in [0.1, 0.15) is 0 Å². The van der Waals surface area contributed by atoms with Crippen LogP contribution in [0.3, 0.4) is 0 Å². The van der Waals surface area contributed by atoms with Gasteiger partial charge in [-0.25, -0.2) is 0 Å². The Morgan fingerprint density at radius 1 is 1.25 bits per heavy atom. The van der Waals surface area contributed by atoms with Crippen LogP contribution in [0, 0.1) is 0 Å². The highest BCUT2D eigenvalue weighted by Crippen LogP contribution is 2.25. The van der Waals surface area contributed by atoms with Gasteiger partial charge in [-0.2, -0.15) is 0 Å². The van der Waals surface area contributed by atoms with Crippen LogP contribution in [0.25, 0.3) is 0 Å². The molecule has 1 aromatic carbocycles. The first-order valence-electron chi connectivity index (χ1n) is 6.50. The van der Waals surface area contributed by atoms with Crippen molar-refractivity contribution in [2.45, 2.75) is 57.9 Å². The average Bonchev–Trinajstić information content (AvgIpc) is 2.63. The standard InChI is InChI=1S/C15H23N/c1-3-9-15(2,16)11-12-7-8-13-5-4-6-14(13)10-12/h7-8,10H,3-6,9,11,16H2,1-2H3. The van der Waals surface area contributed by atoms with Crippen molar-refractivity contribution in [3.63, 3.8) is 0 Å². The van der Waals surface area contributed by atoms with Gasteiger partial charge in [-0.1, -0.05) is 31.5 Å². The number of benzene rings is 1. The van der Waals surface area contributed by atoms with Crippen LogP contribution in [0.1, 0.15) is 49.8 Å². The van der Waals surface area contributed by atoms with E-state index in [1.165, 1.54) is 24.8 Å². The largest absolute Gasteiger partial charge is 0.325 e. The molecule has 1 nitrogen and oxygen atoms in total. The molecule has 0 saturated heterocycles. The third-order valence-electron chi connectivity index (χ3n) is 3.59. The summed E-state index contributed by atoms with van der Waals surface area (Å²) in [5, 5.41) is 0. The smallest absolute Gasteiger partial charge is 0.0166 e. The molecule has 1 aliphatic carbocycles. The van der Waals surface area contributed by atoms with Crippen molar-refractivity contribution < 1.29 is 0 Å². The van der Waals surface area contributed by atoms with Crippen LogP contribution in [0.4, 0.5) is 0 Å². The second-order valence-electron chi connectivity index (χ2n) is 5.54. The van der Waals surface area contributed by atoms with Gasteiger partial charge in [-0.15, -0.1) is 0 Å². The Kier molecular flexibility index (Phi) is 3.34. The van der Waals surface area contributed by atoms with E-state index >= 15 is 0 Å². The van der Waals surface area contributed by atoms with Gasteiger partial charge in [0.15, 0.2) is 0 Å². The fraction of sp³-hybridized carbons (Fsp3) is 0.600. The van der Waals surface area contributed by atoms with E-state index in [2.05, 4.69) is 32.0 Å². The van der Waals surface area contributed by atoms with Gasteiger partial charge >= 0.3 is 0 Å². The number of fused-ring (bicyclic) bond motifs is 1. The van der Waals surface area contributed by atoms with Gasteiger partial charge in [0.25, 0.3) is 0 Å². The van der Waals surface area contributed by atoms with Crippen LogP contribution < -0.4 is 5.73 Å². The van der Waals surface area contributed by atoms with Crippen molar-refractivity contribution in [3.05, 3.63) is 34.9 Å². The highest BCUT2D eigenvalue weighted by molar-refractivity contribution is 5.35. The summed E-state index contributed by atoms with van der Waals surface area (Å²) >= 11 is 0. The Hall–Kier alpha value is -0.820. The van der Waals surface area contributed by atoms with Crippen LogP contribution in [-0.4, -0.2) is 5.54 Å². The van der Waals surface area contributed by atoms with Gasteiger partial charge in [-0.05, 0) is 55.7 Å². The lowest BCUT2D eigenvalue weighted by Crippen LogP contribution is -2.38. The van der Waals surface area contributed by atoms with Crippen LogP contribution in [0.2, 0.25) is 0 Å². The minimum atomic E-state index is -0.0401. The SMILES string of the molecule is CCCC(C)(N)Cc1ccc2c(c1)CCC2. The molecule has 0 aromatic heterocycles. The maximum absolute atomic E-state index is 6.30. The van der Waals surface area contributed by atoms with E-state index in [-0.39, 0.29) is 5.54 Å². The van der Waals surface area contributed by atoms with Crippen molar-refractivity contribution in [1.29, 1.82) is 0 Å². The lowest BCUT2D eigenvalue weighted by Gasteiger charge is -2.24. The molecule has 0 bridgehead atoms. The molecule has 0 heterocycles. The molecule has 0 saturated carbocycles. The molecule has 0 aliphatic heterocycles. The Labute approximate surface area is 99.0 Å². The van der Waals surface area contributed by atoms with Crippen molar-refractivity contribution in [2.24, 2.45) is 5.73 Å². The zero-order chi connectivity index (χ0) is 11.6. The Morgan fingerprint density at radius 2 is 2.00 bits per heavy atom. The van der Waals surface area contributed by atoms with Crippen LogP contribution >= 0.6 is 0 Å². The monoisotopic (exact) mass is 217 g/mol. The summed E-state index contributed by atoms with van der Waals surface area (Å²) in [5.74, 6) is 0. The quantitative estimate of drug-likeness (QED) is 0.823. The number of hydrogen-bond acceptors (Lipinski definition) is 1. The molecule has 2 rings (SSSR count). The van der Waals surface area contributed by atoms with E-state index in [9.17, 15) is 0 Å². The molecule has 0 amide bonds. The minimum Gasteiger partial charge on any atom is -0.325 e. The first-order chi connectivity index (χ1) is 7.61. The number of aryl methyl sites for hydroxylation is 2. The molecule has 1 aromatic rings. The zero-order valence-corrected chi connectivity index (χ0v) is 10.6. The number of hydrogen-bond donors (Lipinski definition) is 1. The molecule has 88 valence electrons. The topological polar surface area (TPSA) is 26.0 Å². The van der Waals surface area contributed by atoms with E-state index in [0.29, 0.717) is 0 Å². The molecule has 0 spiro atoms. The van der Waals surface area contributed by atoms with Crippen molar-refractivity contribution in [3.8, 4) is 0 Å². The fourth-order valence-corrected chi connectivity index (χ4v) is 2.86. The lowest BCUT2D eigenvalue weighted by atomic mass is 9.88. The van der Waals surface area contributed by atoms with Crippen LogP contribution in [0.5, 0.6) is 0 Å². The molecule has 1 atom stereocenters. The molecule has 0 fully saturated rings. The van der Waals surface area contributed by atoms with E-state index < -0.39 is 0 Å². The number of nitrogens with two attached hydrogens (primary N) is 1.